The quantitative estimate of drug-likeness (QED) is 0.735. The molecule has 2 aliphatic carbocycles. The maximum Gasteiger partial charge on any atom is 0.307 e. The smallest absolute Gasteiger partial charge is 0.307 e. The van der Waals surface area contributed by atoms with Crippen molar-refractivity contribution in [1.29, 1.82) is 0 Å². The molecule has 2 bridgehead atoms. The van der Waals surface area contributed by atoms with Crippen LogP contribution in [0.1, 0.15) is 40.5 Å². The number of carboxylic acids is 1. The van der Waals surface area contributed by atoms with Crippen LogP contribution in [0.4, 0.5) is 0 Å². The van der Waals surface area contributed by atoms with Crippen molar-refractivity contribution in [3.63, 3.8) is 0 Å². The van der Waals surface area contributed by atoms with Crippen molar-refractivity contribution in [2.45, 2.75) is 40.5 Å². The first kappa shape index (κ1) is 11.4. The van der Waals surface area contributed by atoms with Crippen LogP contribution in [0.25, 0.3) is 0 Å². The Hall–Kier alpha value is -1.05. The van der Waals surface area contributed by atoms with E-state index in [2.05, 4.69) is 27.7 Å². The first-order valence-corrected chi connectivity index (χ1v) is 6.01. The third-order valence-electron chi connectivity index (χ3n) is 4.03. The van der Waals surface area contributed by atoms with E-state index in [1.54, 1.807) is 0 Å². The zero-order valence-corrected chi connectivity index (χ0v) is 10.5. The van der Waals surface area contributed by atoms with Gasteiger partial charge >= 0.3 is 5.97 Å². The van der Waals surface area contributed by atoms with Crippen LogP contribution in [0.2, 0.25) is 0 Å². The molecule has 2 fully saturated rings. The summed E-state index contributed by atoms with van der Waals surface area (Å²) < 4.78 is 0. The fraction of sp³-hybridized carbons (Fsp3) is 0.643. The van der Waals surface area contributed by atoms with E-state index in [0.29, 0.717) is 5.92 Å². The van der Waals surface area contributed by atoms with Crippen molar-refractivity contribution in [3.8, 4) is 0 Å². The maximum absolute atomic E-state index is 11.2. The summed E-state index contributed by atoms with van der Waals surface area (Å²) in [4.78, 5) is 11.2. The highest BCUT2D eigenvalue weighted by Crippen LogP contribution is 2.56. The average molecular weight is 220 g/mol. The lowest BCUT2D eigenvalue weighted by Crippen LogP contribution is -2.23. The second-order valence-electron chi connectivity index (χ2n) is 5.55. The third-order valence-corrected chi connectivity index (χ3v) is 4.03. The van der Waals surface area contributed by atoms with E-state index in [4.69, 9.17) is 0 Å². The molecule has 1 N–H and O–H groups in total. The SMILES string of the molecule is CC(C)=C1C(=C(C)C)C2CC1CC2C(=O)O. The van der Waals surface area contributed by atoms with Gasteiger partial charge in [-0.2, -0.15) is 0 Å². The Morgan fingerprint density at radius 1 is 1.06 bits per heavy atom. The second kappa shape index (κ2) is 3.76. The molecule has 0 aromatic rings. The molecule has 0 aromatic heterocycles. The van der Waals surface area contributed by atoms with Crippen LogP contribution < -0.4 is 0 Å². The van der Waals surface area contributed by atoms with Crippen molar-refractivity contribution in [1.82, 2.24) is 0 Å². The van der Waals surface area contributed by atoms with Crippen LogP contribution in [0.5, 0.6) is 0 Å². The minimum absolute atomic E-state index is 0.141. The fourth-order valence-corrected chi connectivity index (χ4v) is 3.60. The van der Waals surface area contributed by atoms with Gasteiger partial charge in [0.2, 0.25) is 0 Å². The maximum atomic E-state index is 11.2. The van der Waals surface area contributed by atoms with Crippen molar-refractivity contribution in [2.75, 3.05) is 0 Å². The summed E-state index contributed by atoms with van der Waals surface area (Å²) in [6.07, 6.45) is 1.90. The molecular formula is C14H20O2. The number of carbonyl (C=O) groups is 1. The highest BCUT2D eigenvalue weighted by atomic mass is 16.4. The van der Waals surface area contributed by atoms with Crippen LogP contribution in [0, 0.1) is 17.8 Å². The first-order chi connectivity index (χ1) is 7.43. The molecule has 0 spiro atoms. The molecule has 0 heterocycles. The molecule has 0 aliphatic heterocycles. The van der Waals surface area contributed by atoms with Crippen molar-refractivity contribution >= 4 is 5.97 Å². The zero-order valence-electron chi connectivity index (χ0n) is 10.5. The third kappa shape index (κ3) is 1.51. The summed E-state index contributed by atoms with van der Waals surface area (Å²) in [6, 6.07) is 0. The van der Waals surface area contributed by atoms with Crippen molar-refractivity contribution in [3.05, 3.63) is 22.3 Å². The molecule has 2 nitrogen and oxygen atoms in total. The monoisotopic (exact) mass is 220 g/mol. The molecule has 3 atom stereocenters. The summed E-state index contributed by atoms with van der Waals surface area (Å²) >= 11 is 0. The van der Waals surface area contributed by atoms with Gasteiger partial charge in [-0.3, -0.25) is 4.79 Å². The van der Waals surface area contributed by atoms with Gasteiger partial charge < -0.3 is 5.11 Å². The number of aliphatic carboxylic acids is 1. The molecule has 3 unspecified atom stereocenters. The molecule has 2 heteroatoms. The van der Waals surface area contributed by atoms with Crippen LogP contribution in [0.3, 0.4) is 0 Å². The lowest BCUT2D eigenvalue weighted by atomic mass is 9.78. The fourth-order valence-electron chi connectivity index (χ4n) is 3.60. The van der Waals surface area contributed by atoms with E-state index in [-0.39, 0.29) is 11.8 Å². The van der Waals surface area contributed by atoms with Gasteiger partial charge in [0.1, 0.15) is 0 Å². The number of carboxylic acid groups (broad SMARTS) is 1. The van der Waals surface area contributed by atoms with Crippen LogP contribution in [0.15, 0.2) is 22.3 Å². The van der Waals surface area contributed by atoms with Gasteiger partial charge in [-0.05, 0) is 63.5 Å². The summed E-state index contributed by atoms with van der Waals surface area (Å²) in [5, 5.41) is 9.22. The van der Waals surface area contributed by atoms with Gasteiger partial charge in [-0.1, -0.05) is 11.1 Å². The van der Waals surface area contributed by atoms with Gasteiger partial charge in [-0.15, -0.1) is 0 Å². The molecule has 0 amide bonds. The minimum atomic E-state index is -0.612. The standard InChI is InChI=1S/C14H20O2/c1-7(2)12-9-5-10(13(12)8(3)4)11(6-9)14(15)16/h9-11H,5-6H2,1-4H3,(H,15,16). The topological polar surface area (TPSA) is 37.3 Å². The Bertz CT molecular complexity index is 393. The van der Waals surface area contributed by atoms with E-state index in [0.717, 1.165) is 12.8 Å². The average Bonchev–Trinajstić information content (AvgIpc) is 2.72. The van der Waals surface area contributed by atoms with E-state index < -0.39 is 5.97 Å². The molecule has 88 valence electrons. The molecular weight excluding hydrogens is 200 g/mol. The second-order valence-corrected chi connectivity index (χ2v) is 5.55. The Balaban J connectivity index is 2.46. The highest BCUT2D eigenvalue weighted by molar-refractivity contribution is 5.73. The normalized spacial score (nSPS) is 32.1. The van der Waals surface area contributed by atoms with Crippen LogP contribution in [-0.4, -0.2) is 11.1 Å². The predicted molar refractivity (Wildman–Crippen MR) is 64.1 cm³/mol. The van der Waals surface area contributed by atoms with Crippen LogP contribution in [-0.2, 0) is 4.79 Å². The van der Waals surface area contributed by atoms with Gasteiger partial charge in [0.15, 0.2) is 0 Å². The minimum Gasteiger partial charge on any atom is -0.481 e. The van der Waals surface area contributed by atoms with Crippen LogP contribution >= 0.6 is 0 Å². The predicted octanol–water partition coefficient (Wildman–Crippen LogP) is 3.40. The van der Waals surface area contributed by atoms with Gasteiger partial charge in [0.05, 0.1) is 5.92 Å². The molecule has 0 saturated heterocycles. The lowest BCUT2D eigenvalue weighted by Gasteiger charge is -2.26. The van der Waals surface area contributed by atoms with E-state index in [1.807, 2.05) is 0 Å². The number of allylic oxidation sites excluding steroid dienone is 4. The number of hydrogen-bond acceptors (Lipinski definition) is 1. The summed E-state index contributed by atoms with van der Waals surface area (Å²) in [7, 11) is 0. The molecule has 2 aliphatic rings. The van der Waals surface area contributed by atoms with Crippen molar-refractivity contribution in [2.24, 2.45) is 17.8 Å². The highest BCUT2D eigenvalue weighted by Gasteiger charge is 2.49. The number of hydrogen-bond donors (Lipinski definition) is 1. The molecule has 2 saturated carbocycles. The lowest BCUT2D eigenvalue weighted by molar-refractivity contribution is -0.142. The summed E-state index contributed by atoms with van der Waals surface area (Å²) in [6.45, 7) is 8.51. The zero-order chi connectivity index (χ0) is 12.0. The molecule has 0 aromatic carbocycles. The number of fused-ring (bicyclic) bond motifs is 2. The van der Waals surface area contributed by atoms with E-state index in [9.17, 15) is 9.90 Å². The molecule has 0 radical (unpaired) electrons. The molecule has 16 heavy (non-hydrogen) atoms. The summed E-state index contributed by atoms with van der Waals surface area (Å²) in [5.74, 6) is 0.0236. The van der Waals surface area contributed by atoms with Crippen molar-refractivity contribution < 1.29 is 9.90 Å². The van der Waals surface area contributed by atoms with E-state index in [1.165, 1.54) is 22.3 Å². The largest absolute Gasteiger partial charge is 0.481 e. The number of rotatable bonds is 1. The Morgan fingerprint density at radius 3 is 2.06 bits per heavy atom. The van der Waals surface area contributed by atoms with E-state index >= 15 is 0 Å². The Labute approximate surface area is 97.0 Å². The van der Waals surface area contributed by atoms with Gasteiger partial charge in [-0.25, -0.2) is 0 Å². The van der Waals surface area contributed by atoms with Gasteiger partial charge in [0, 0.05) is 0 Å². The Kier molecular flexibility index (Phi) is 2.69. The van der Waals surface area contributed by atoms with Gasteiger partial charge in [0.25, 0.3) is 0 Å². The molecule has 2 rings (SSSR count). The first-order valence-electron chi connectivity index (χ1n) is 6.01. The Morgan fingerprint density at radius 2 is 1.62 bits per heavy atom. The summed E-state index contributed by atoms with van der Waals surface area (Å²) in [5.41, 5.74) is 5.48.